The number of allylic oxidation sites excluding steroid dienone is 1. The highest BCUT2D eigenvalue weighted by Gasteiger charge is 2.13. The van der Waals surface area contributed by atoms with Crippen LogP contribution in [0, 0.1) is 23.9 Å². The third-order valence-electron chi connectivity index (χ3n) is 3.88. The van der Waals surface area contributed by atoms with E-state index in [0.29, 0.717) is 12.7 Å². The summed E-state index contributed by atoms with van der Waals surface area (Å²) in [5, 5.41) is 9.42. The van der Waals surface area contributed by atoms with Gasteiger partial charge < -0.3 is 16.4 Å². The van der Waals surface area contributed by atoms with E-state index < -0.39 is 0 Å². The highest BCUT2D eigenvalue weighted by molar-refractivity contribution is 8.01. The Morgan fingerprint density at radius 2 is 2.08 bits per heavy atom. The van der Waals surface area contributed by atoms with Gasteiger partial charge in [0.25, 0.3) is 0 Å². The maximum atomic E-state index is 6.02. The predicted molar refractivity (Wildman–Crippen MR) is 110 cm³/mol. The Morgan fingerprint density at radius 1 is 1.32 bits per heavy atom. The summed E-state index contributed by atoms with van der Waals surface area (Å²) in [6, 6.07) is 6.45. The molecule has 0 amide bonds. The summed E-state index contributed by atoms with van der Waals surface area (Å²) >= 11 is 1.56. The molecule has 1 aliphatic carbocycles. The molecule has 0 radical (unpaired) electrons. The third-order valence-corrected chi connectivity index (χ3v) is 5.03. The molecule has 0 saturated heterocycles. The maximum absolute atomic E-state index is 6.02. The molecule has 0 bridgehead atoms. The molecule has 138 valence electrons. The van der Waals surface area contributed by atoms with Crippen LogP contribution in [0.2, 0.25) is 0 Å². The van der Waals surface area contributed by atoms with Crippen LogP contribution in [-0.4, -0.2) is 23.3 Å². The SMILES string of the molecule is C=C(NC#CNCNC1CCCCC1)C(/C=C\C)SC(N)C#CCC. The van der Waals surface area contributed by atoms with Gasteiger partial charge in [0.1, 0.15) is 5.37 Å². The van der Waals surface area contributed by atoms with E-state index in [2.05, 4.69) is 46.5 Å². The molecular weight excluding hydrogens is 328 g/mol. The first-order valence-corrected chi connectivity index (χ1v) is 10.0. The van der Waals surface area contributed by atoms with E-state index in [9.17, 15) is 0 Å². The second-order valence-electron chi connectivity index (χ2n) is 5.97. The van der Waals surface area contributed by atoms with Crippen molar-refractivity contribution < 1.29 is 0 Å². The molecular formula is C20H32N4S. The lowest BCUT2D eigenvalue weighted by Gasteiger charge is -2.22. The first kappa shape index (κ1) is 21.5. The molecule has 1 fully saturated rings. The summed E-state index contributed by atoms with van der Waals surface area (Å²) in [5.41, 5.74) is 6.84. The minimum Gasteiger partial charge on any atom is -0.331 e. The average Bonchev–Trinajstić information content (AvgIpc) is 2.63. The van der Waals surface area contributed by atoms with Crippen molar-refractivity contribution in [3.8, 4) is 23.9 Å². The summed E-state index contributed by atoms with van der Waals surface area (Å²) in [6.07, 6.45) is 11.4. The second-order valence-corrected chi connectivity index (χ2v) is 7.26. The number of thioether (sulfide) groups is 1. The molecule has 5 heteroatoms. The molecule has 0 heterocycles. The van der Waals surface area contributed by atoms with Gasteiger partial charge in [-0.25, -0.2) is 0 Å². The van der Waals surface area contributed by atoms with Gasteiger partial charge >= 0.3 is 0 Å². The number of hydrogen-bond donors (Lipinski definition) is 4. The molecule has 2 unspecified atom stereocenters. The first-order valence-electron chi connectivity index (χ1n) is 9.10. The first-order chi connectivity index (χ1) is 12.2. The van der Waals surface area contributed by atoms with Gasteiger partial charge in [0.05, 0.1) is 11.9 Å². The normalized spacial score (nSPS) is 16.9. The van der Waals surface area contributed by atoms with E-state index in [0.717, 1.165) is 12.1 Å². The van der Waals surface area contributed by atoms with Crippen LogP contribution in [0.15, 0.2) is 24.4 Å². The van der Waals surface area contributed by atoms with Crippen LogP contribution in [0.5, 0.6) is 0 Å². The fourth-order valence-corrected chi connectivity index (χ4v) is 3.52. The van der Waals surface area contributed by atoms with Crippen LogP contribution in [0.25, 0.3) is 0 Å². The van der Waals surface area contributed by atoms with Gasteiger partial charge in [-0.15, -0.1) is 17.7 Å². The van der Waals surface area contributed by atoms with Crippen molar-refractivity contribution in [2.24, 2.45) is 5.73 Å². The lowest BCUT2D eigenvalue weighted by Crippen LogP contribution is -2.36. The Bertz CT molecular complexity index is 529. The monoisotopic (exact) mass is 360 g/mol. The zero-order valence-corrected chi connectivity index (χ0v) is 16.3. The van der Waals surface area contributed by atoms with E-state index >= 15 is 0 Å². The van der Waals surface area contributed by atoms with E-state index in [1.54, 1.807) is 11.8 Å². The van der Waals surface area contributed by atoms with E-state index in [1.807, 2.05) is 26.0 Å². The lowest BCUT2D eigenvalue weighted by molar-refractivity contribution is 0.371. The number of hydrogen-bond acceptors (Lipinski definition) is 5. The summed E-state index contributed by atoms with van der Waals surface area (Å²) in [7, 11) is 0. The van der Waals surface area contributed by atoms with Gasteiger partial charge in [0.15, 0.2) is 0 Å². The van der Waals surface area contributed by atoms with Crippen molar-refractivity contribution in [2.75, 3.05) is 6.67 Å². The molecule has 2 atom stereocenters. The standard InChI is InChI=1S/C20H32N4S/c1-4-6-13-20(21)25-19(10-5-2)17(3)23-15-14-22-16-24-18-11-8-7-9-12-18/h5,10,18-20,22-24H,3-4,7-9,11-12,16,21H2,1-2H3/b10-5-. The van der Waals surface area contributed by atoms with E-state index in [-0.39, 0.29) is 10.6 Å². The van der Waals surface area contributed by atoms with Crippen molar-refractivity contribution in [1.29, 1.82) is 0 Å². The van der Waals surface area contributed by atoms with Crippen molar-refractivity contribution in [2.45, 2.75) is 69.0 Å². The molecule has 0 aromatic heterocycles. The maximum Gasteiger partial charge on any atom is 0.114 e. The van der Waals surface area contributed by atoms with E-state index in [1.165, 1.54) is 32.1 Å². The van der Waals surface area contributed by atoms with Gasteiger partial charge in [-0.3, -0.25) is 5.32 Å². The Kier molecular flexibility index (Phi) is 11.8. The quantitative estimate of drug-likeness (QED) is 0.176. The zero-order valence-electron chi connectivity index (χ0n) is 15.5. The molecule has 1 rings (SSSR count). The number of nitrogens with one attached hydrogen (secondary N) is 3. The fraction of sp³-hybridized carbons (Fsp3) is 0.600. The summed E-state index contributed by atoms with van der Waals surface area (Å²) in [5.74, 6) is 6.04. The smallest absolute Gasteiger partial charge is 0.114 e. The largest absolute Gasteiger partial charge is 0.331 e. The molecule has 0 aromatic carbocycles. The Morgan fingerprint density at radius 3 is 2.76 bits per heavy atom. The number of rotatable bonds is 8. The van der Waals surface area contributed by atoms with Crippen molar-refractivity contribution >= 4 is 11.8 Å². The highest BCUT2D eigenvalue weighted by Crippen LogP contribution is 2.20. The summed E-state index contributed by atoms with van der Waals surface area (Å²) in [4.78, 5) is 0. The predicted octanol–water partition coefficient (Wildman–Crippen LogP) is 2.85. The highest BCUT2D eigenvalue weighted by atomic mass is 32.2. The minimum absolute atomic E-state index is 0.0424. The topological polar surface area (TPSA) is 62.1 Å². The lowest BCUT2D eigenvalue weighted by atomic mass is 9.96. The second kappa shape index (κ2) is 13.7. The van der Waals surface area contributed by atoms with Gasteiger partial charge in [-0.05, 0) is 19.8 Å². The van der Waals surface area contributed by atoms with E-state index in [4.69, 9.17) is 5.73 Å². The molecule has 25 heavy (non-hydrogen) atoms. The minimum atomic E-state index is -0.231. The van der Waals surface area contributed by atoms with Gasteiger partial charge in [-0.1, -0.05) is 50.8 Å². The Balaban J connectivity index is 2.31. The fourth-order valence-electron chi connectivity index (χ4n) is 2.59. The molecule has 5 N–H and O–H groups in total. The van der Waals surface area contributed by atoms with Crippen molar-refractivity contribution in [1.82, 2.24) is 16.0 Å². The average molecular weight is 361 g/mol. The van der Waals surface area contributed by atoms with Crippen molar-refractivity contribution in [3.63, 3.8) is 0 Å². The molecule has 4 nitrogen and oxygen atoms in total. The van der Waals surface area contributed by atoms with Crippen LogP contribution in [0.3, 0.4) is 0 Å². The van der Waals surface area contributed by atoms with Crippen LogP contribution < -0.4 is 21.7 Å². The van der Waals surface area contributed by atoms with Crippen LogP contribution in [0.4, 0.5) is 0 Å². The molecule has 0 aliphatic heterocycles. The van der Waals surface area contributed by atoms with Gasteiger partial charge in [0.2, 0.25) is 0 Å². The van der Waals surface area contributed by atoms with Crippen molar-refractivity contribution in [3.05, 3.63) is 24.4 Å². The molecule has 0 spiro atoms. The van der Waals surface area contributed by atoms with Crippen LogP contribution in [0.1, 0.15) is 52.4 Å². The zero-order chi connectivity index (χ0) is 18.3. The van der Waals surface area contributed by atoms with Crippen LogP contribution in [-0.2, 0) is 0 Å². The van der Waals surface area contributed by atoms with Gasteiger partial charge in [-0.2, -0.15) is 0 Å². The Labute approximate surface area is 157 Å². The summed E-state index contributed by atoms with van der Waals surface area (Å²) < 4.78 is 0. The molecule has 1 saturated carbocycles. The van der Waals surface area contributed by atoms with Crippen LogP contribution >= 0.6 is 11.8 Å². The summed E-state index contributed by atoms with van der Waals surface area (Å²) in [6.45, 7) is 8.76. The number of nitrogens with two attached hydrogens (primary N) is 1. The Hall–Kier alpha value is -1.53. The van der Waals surface area contributed by atoms with Gasteiger partial charge in [0, 0.05) is 30.2 Å². The molecule has 0 aromatic rings. The molecule has 1 aliphatic rings. The third kappa shape index (κ3) is 10.1.